The van der Waals surface area contributed by atoms with E-state index in [0.717, 1.165) is 17.8 Å². The Kier molecular flexibility index (Phi) is 4.34. The third-order valence-corrected chi connectivity index (χ3v) is 7.23. The highest BCUT2D eigenvalue weighted by Crippen LogP contribution is 2.55. The van der Waals surface area contributed by atoms with Crippen LogP contribution in [-0.2, 0) is 0 Å². The molecule has 1 spiro atoms. The third kappa shape index (κ3) is 2.67. The maximum absolute atomic E-state index is 9.55. The zero-order chi connectivity index (χ0) is 18.4. The summed E-state index contributed by atoms with van der Waals surface area (Å²) < 4.78 is 0. The molecule has 1 fully saturated rings. The molecule has 27 heavy (non-hydrogen) atoms. The number of fused-ring (bicyclic) bond motifs is 3. The molecule has 4 nitrogen and oxygen atoms in total. The molecule has 0 saturated heterocycles. The second-order valence-electron chi connectivity index (χ2n) is 8.78. The summed E-state index contributed by atoms with van der Waals surface area (Å²) in [5.74, 6) is 0.664. The number of aliphatic imine (C=N–C) groups is 2. The first-order valence-electron chi connectivity index (χ1n) is 10.9. The van der Waals surface area contributed by atoms with Gasteiger partial charge in [-0.15, -0.1) is 0 Å². The van der Waals surface area contributed by atoms with Crippen molar-refractivity contribution in [3.8, 4) is 0 Å². The summed E-state index contributed by atoms with van der Waals surface area (Å²) in [6.45, 7) is 2.20. The highest BCUT2D eigenvalue weighted by molar-refractivity contribution is 6.22. The summed E-state index contributed by atoms with van der Waals surface area (Å²) in [5, 5.41) is 9.55. The maximum atomic E-state index is 9.55. The predicted octanol–water partition coefficient (Wildman–Crippen LogP) is 4.53. The monoisotopic (exact) mass is 365 g/mol. The van der Waals surface area contributed by atoms with E-state index in [1.165, 1.54) is 63.5 Å². The van der Waals surface area contributed by atoms with Gasteiger partial charge in [-0.25, -0.2) is 0 Å². The fourth-order valence-corrected chi connectivity index (χ4v) is 5.84. The third-order valence-electron chi connectivity index (χ3n) is 7.23. The van der Waals surface area contributed by atoms with Crippen molar-refractivity contribution >= 4 is 11.4 Å². The number of nitrogens with zero attached hydrogens (tertiary/aromatic N) is 3. The van der Waals surface area contributed by atoms with Gasteiger partial charge in [-0.1, -0.05) is 18.9 Å². The highest BCUT2D eigenvalue weighted by Gasteiger charge is 2.54. The number of allylic oxidation sites excluding steroid dienone is 5. The first-order valence-corrected chi connectivity index (χ1v) is 10.9. The van der Waals surface area contributed by atoms with Gasteiger partial charge >= 0.3 is 0 Å². The number of aliphatic hydroxyl groups is 1. The van der Waals surface area contributed by atoms with Crippen molar-refractivity contribution in [1.82, 2.24) is 4.90 Å². The number of aliphatic hydroxyl groups excluding tert-OH is 1. The lowest BCUT2D eigenvalue weighted by atomic mass is 9.70. The van der Waals surface area contributed by atoms with E-state index in [1.54, 1.807) is 11.3 Å². The average molecular weight is 366 g/mol. The summed E-state index contributed by atoms with van der Waals surface area (Å²) in [6.07, 6.45) is 18.9. The van der Waals surface area contributed by atoms with Gasteiger partial charge in [-0.3, -0.25) is 9.98 Å². The first kappa shape index (κ1) is 17.4. The zero-order valence-corrected chi connectivity index (χ0v) is 16.5. The van der Waals surface area contributed by atoms with E-state index < -0.39 is 0 Å². The molecule has 0 aromatic heterocycles. The molecule has 2 heterocycles. The van der Waals surface area contributed by atoms with Crippen molar-refractivity contribution in [1.29, 1.82) is 0 Å². The van der Waals surface area contributed by atoms with Crippen LogP contribution >= 0.6 is 0 Å². The summed E-state index contributed by atoms with van der Waals surface area (Å²) >= 11 is 0. The molecule has 144 valence electrons. The molecule has 1 N–H and O–H groups in total. The van der Waals surface area contributed by atoms with Crippen LogP contribution in [0.1, 0.15) is 71.1 Å². The average Bonchev–Trinajstić information content (AvgIpc) is 3.04. The van der Waals surface area contributed by atoms with Crippen molar-refractivity contribution < 1.29 is 5.11 Å². The molecule has 3 unspecified atom stereocenters. The quantitative estimate of drug-likeness (QED) is 0.747. The van der Waals surface area contributed by atoms with Crippen LogP contribution in [0.15, 0.2) is 45.2 Å². The standard InChI is InChI=1S/C23H31N3O/c1-2-18(15-27)24-19-10-11-20-22(14-19)26-21-9-4-3-7-16(21)13-17-8-5-6-12-23(17,26)25-20/h10-11,14,17-18,27H,2-9,12-13,15H2,1H3. The molecule has 5 aliphatic rings. The zero-order valence-electron chi connectivity index (χ0n) is 16.5. The van der Waals surface area contributed by atoms with E-state index in [2.05, 4.69) is 30.1 Å². The highest BCUT2D eigenvalue weighted by atomic mass is 16.3. The molecule has 4 heteroatoms. The lowest BCUT2D eigenvalue weighted by Gasteiger charge is -2.52. The van der Waals surface area contributed by atoms with Gasteiger partial charge in [0.2, 0.25) is 0 Å². The van der Waals surface area contributed by atoms with Crippen LogP contribution in [0.25, 0.3) is 0 Å². The lowest BCUT2D eigenvalue weighted by Crippen LogP contribution is -2.53. The van der Waals surface area contributed by atoms with Crippen LogP contribution in [0.4, 0.5) is 0 Å². The van der Waals surface area contributed by atoms with Gasteiger partial charge in [0.1, 0.15) is 5.66 Å². The van der Waals surface area contributed by atoms with Gasteiger partial charge in [0, 0.05) is 11.6 Å². The fraction of sp³-hybridized carbons (Fsp3) is 0.652. The van der Waals surface area contributed by atoms with Gasteiger partial charge in [-0.05, 0) is 76.0 Å². The molecular formula is C23H31N3O. The molecule has 0 aromatic carbocycles. The summed E-state index contributed by atoms with van der Waals surface area (Å²) in [5.41, 5.74) is 6.65. The van der Waals surface area contributed by atoms with E-state index in [4.69, 9.17) is 9.98 Å². The van der Waals surface area contributed by atoms with Crippen molar-refractivity contribution in [2.75, 3.05) is 6.61 Å². The maximum Gasteiger partial charge on any atom is 0.139 e. The van der Waals surface area contributed by atoms with Crippen molar-refractivity contribution in [2.45, 2.75) is 82.8 Å². The minimum absolute atomic E-state index is 0.0106. The largest absolute Gasteiger partial charge is 0.394 e. The Morgan fingerprint density at radius 2 is 2.15 bits per heavy atom. The first-order chi connectivity index (χ1) is 13.2. The second kappa shape index (κ2) is 6.73. The predicted molar refractivity (Wildman–Crippen MR) is 110 cm³/mol. The fourth-order valence-electron chi connectivity index (χ4n) is 5.84. The van der Waals surface area contributed by atoms with E-state index in [9.17, 15) is 5.11 Å². The Balaban J connectivity index is 1.60. The van der Waals surface area contributed by atoms with E-state index >= 15 is 0 Å². The Labute approximate surface area is 162 Å². The molecule has 0 aromatic rings. The summed E-state index contributed by atoms with van der Waals surface area (Å²) in [4.78, 5) is 12.8. The Morgan fingerprint density at radius 1 is 1.26 bits per heavy atom. The molecule has 0 amide bonds. The summed E-state index contributed by atoms with van der Waals surface area (Å²) in [6, 6.07) is -0.0106. The molecule has 2 aliphatic heterocycles. The van der Waals surface area contributed by atoms with Crippen molar-refractivity contribution in [3.05, 3.63) is 35.2 Å². The molecular weight excluding hydrogens is 334 g/mol. The van der Waals surface area contributed by atoms with Crippen molar-refractivity contribution in [2.24, 2.45) is 15.9 Å². The topological polar surface area (TPSA) is 48.2 Å². The molecule has 0 bridgehead atoms. The van der Waals surface area contributed by atoms with Crippen LogP contribution in [0.2, 0.25) is 0 Å². The van der Waals surface area contributed by atoms with Crippen molar-refractivity contribution in [3.63, 3.8) is 0 Å². The molecule has 0 radical (unpaired) electrons. The van der Waals surface area contributed by atoms with Gasteiger partial charge in [0.25, 0.3) is 0 Å². The normalized spacial score (nSPS) is 34.5. The minimum atomic E-state index is -0.0312. The van der Waals surface area contributed by atoms with Gasteiger partial charge in [-0.2, -0.15) is 0 Å². The lowest BCUT2D eigenvalue weighted by molar-refractivity contribution is 0.0498. The minimum Gasteiger partial charge on any atom is -0.394 e. The molecule has 5 rings (SSSR count). The SMILES string of the molecule is CCC(CO)N=C1C=CC2=NC34CCCCC3CC3=C(CCCC3)N4C2=C1. The van der Waals surface area contributed by atoms with E-state index in [-0.39, 0.29) is 18.3 Å². The number of hydrogen-bond donors (Lipinski definition) is 1. The van der Waals surface area contributed by atoms with E-state index in [0.29, 0.717) is 5.92 Å². The van der Waals surface area contributed by atoms with Gasteiger partial charge in [0.15, 0.2) is 0 Å². The molecule has 3 aliphatic carbocycles. The van der Waals surface area contributed by atoms with Crippen LogP contribution in [0.3, 0.4) is 0 Å². The summed E-state index contributed by atoms with van der Waals surface area (Å²) in [7, 11) is 0. The van der Waals surface area contributed by atoms with Crippen LogP contribution in [0.5, 0.6) is 0 Å². The number of hydrogen-bond acceptors (Lipinski definition) is 4. The van der Waals surface area contributed by atoms with Crippen LogP contribution < -0.4 is 0 Å². The van der Waals surface area contributed by atoms with Crippen LogP contribution in [0, 0.1) is 5.92 Å². The smallest absolute Gasteiger partial charge is 0.139 e. The number of rotatable bonds is 3. The Bertz CT molecular complexity index is 783. The Morgan fingerprint density at radius 3 is 3.00 bits per heavy atom. The molecule has 3 atom stereocenters. The second-order valence-corrected chi connectivity index (χ2v) is 8.78. The van der Waals surface area contributed by atoms with E-state index in [1.807, 2.05) is 0 Å². The van der Waals surface area contributed by atoms with Gasteiger partial charge < -0.3 is 10.0 Å². The van der Waals surface area contributed by atoms with Gasteiger partial charge in [0.05, 0.1) is 29.8 Å². The Hall–Kier alpha value is -1.68. The van der Waals surface area contributed by atoms with Crippen LogP contribution in [-0.4, -0.2) is 39.7 Å². The molecule has 1 saturated carbocycles.